The van der Waals surface area contributed by atoms with Crippen LogP contribution < -0.4 is 5.32 Å². The van der Waals surface area contributed by atoms with Crippen molar-refractivity contribution in [2.24, 2.45) is 0 Å². The highest BCUT2D eigenvalue weighted by molar-refractivity contribution is 6.26. The van der Waals surface area contributed by atoms with Crippen LogP contribution in [-0.2, 0) is 14.0 Å². The van der Waals surface area contributed by atoms with Crippen molar-refractivity contribution >= 4 is 15.7 Å². The fourth-order valence-electron chi connectivity index (χ4n) is 0.989. The summed E-state index contributed by atoms with van der Waals surface area (Å²) in [6.45, 7) is 14.8. The Labute approximate surface area is 114 Å². The average Bonchev–Trinajstić information content (AvgIpc) is 2.35. The lowest BCUT2D eigenvalue weighted by Gasteiger charge is -2.03. The van der Waals surface area contributed by atoms with Crippen LogP contribution in [0.1, 0.15) is 34.1 Å². The number of carbonyl (C=O) groups is 1. The number of esters is 1. The summed E-state index contributed by atoms with van der Waals surface area (Å²) >= 11 is 0. The Morgan fingerprint density at radius 2 is 1.89 bits per heavy atom. The van der Waals surface area contributed by atoms with Gasteiger partial charge in [0.2, 0.25) is 0 Å². The largest absolute Gasteiger partial charge is 0.462 e. The van der Waals surface area contributed by atoms with E-state index in [-0.39, 0.29) is 15.7 Å². The van der Waals surface area contributed by atoms with Crippen molar-refractivity contribution in [3.05, 3.63) is 12.2 Å². The van der Waals surface area contributed by atoms with E-state index in [4.69, 9.17) is 9.16 Å². The Morgan fingerprint density at radius 3 is 2.28 bits per heavy atom. The summed E-state index contributed by atoms with van der Waals surface area (Å²) < 4.78 is 10.2. The lowest BCUT2D eigenvalue weighted by Crippen LogP contribution is -2.09. The minimum Gasteiger partial charge on any atom is -0.462 e. The molecular formula is C13H29NO3Si. The summed E-state index contributed by atoms with van der Waals surface area (Å²) in [5.74, 6) is -0.293. The van der Waals surface area contributed by atoms with Crippen LogP contribution >= 0.6 is 0 Å². The molecule has 0 spiro atoms. The van der Waals surface area contributed by atoms with Crippen molar-refractivity contribution in [2.45, 2.75) is 40.2 Å². The van der Waals surface area contributed by atoms with Gasteiger partial charge in [-0.15, -0.1) is 0 Å². The summed E-state index contributed by atoms with van der Waals surface area (Å²) in [7, 11) is -0.367. The van der Waals surface area contributed by atoms with Crippen molar-refractivity contribution in [1.29, 1.82) is 0 Å². The molecule has 0 aliphatic heterocycles. The molecule has 0 rings (SSSR count). The molecule has 0 saturated carbocycles. The third kappa shape index (κ3) is 17.7. The third-order valence-corrected chi connectivity index (χ3v) is 3.45. The molecule has 0 aromatic carbocycles. The maximum Gasteiger partial charge on any atom is 0.333 e. The highest BCUT2D eigenvalue weighted by atomic mass is 28.2. The molecule has 0 unspecified atom stereocenters. The third-order valence-electron chi connectivity index (χ3n) is 1.97. The normalized spacial score (nSPS) is 10.0. The molecule has 0 atom stereocenters. The van der Waals surface area contributed by atoms with E-state index >= 15 is 0 Å². The van der Waals surface area contributed by atoms with E-state index in [2.05, 4.69) is 25.7 Å². The zero-order chi connectivity index (χ0) is 14.2. The minimum absolute atomic E-state index is 0.293. The molecule has 0 saturated heterocycles. The van der Waals surface area contributed by atoms with Gasteiger partial charge in [-0.1, -0.05) is 20.4 Å². The van der Waals surface area contributed by atoms with E-state index in [1.165, 1.54) is 0 Å². The Balaban J connectivity index is 0. The van der Waals surface area contributed by atoms with E-state index in [0.29, 0.717) is 12.2 Å². The molecule has 0 fully saturated rings. The molecule has 0 aromatic heterocycles. The molecule has 4 nitrogen and oxygen atoms in total. The van der Waals surface area contributed by atoms with Gasteiger partial charge in [-0.2, -0.15) is 0 Å². The number of ether oxygens (including phenoxy) is 1. The van der Waals surface area contributed by atoms with Gasteiger partial charge in [-0.25, -0.2) is 4.79 Å². The first-order valence-corrected chi connectivity index (χ1v) is 8.28. The SMILES string of the molecule is C=C(C)C(=O)OCCC[SiH2]OCC.CCNCC. The number of hydrogen-bond donors (Lipinski definition) is 1. The molecule has 1 N–H and O–H groups in total. The van der Waals surface area contributed by atoms with Crippen molar-refractivity contribution in [3.63, 3.8) is 0 Å². The molecule has 0 bridgehead atoms. The second kappa shape index (κ2) is 16.3. The predicted molar refractivity (Wildman–Crippen MR) is 79.6 cm³/mol. The molecule has 0 heterocycles. The molecule has 0 aromatic rings. The standard InChI is InChI=1S/C9H18O3Si.C4H11N/c1-4-12-13-7-5-6-11-9(10)8(2)3;1-3-5-4-2/h2,4-7,13H2,1,3H3;5H,3-4H2,1-2H3. The lowest BCUT2D eigenvalue weighted by molar-refractivity contribution is -0.138. The second-order valence-corrected chi connectivity index (χ2v) is 5.30. The average molecular weight is 275 g/mol. The summed E-state index contributed by atoms with van der Waals surface area (Å²) in [5, 5.41) is 3.11. The van der Waals surface area contributed by atoms with Crippen molar-refractivity contribution in [1.82, 2.24) is 5.32 Å². The summed E-state index contributed by atoms with van der Waals surface area (Å²) in [6.07, 6.45) is 0.908. The van der Waals surface area contributed by atoms with Gasteiger partial charge in [0.15, 0.2) is 9.76 Å². The summed E-state index contributed by atoms with van der Waals surface area (Å²) in [5.41, 5.74) is 0.460. The van der Waals surface area contributed by atoms with Crippen LogP contribution in [-0.4, -0.2) is 42.0 Å². The number of hydrogen-bond acceptors (Lipinski definition) is 4. The predicted octanol–water partition coefficient (Wildman–Crippen LogP) is 1.65. The fourth-order valence-corrected chi connectivity index (χ4v) is 1.89. The quantitative estimate of drug-likeness (QED) is 0.301. The maximum atomic E-state index is 10.9. The molecule has 0 aliphatic rings. The molecule has 18 heavy (non-hydrogen) atoms. The van der Waals surface area contributed by atoms with Crippen LogP contribution in [0.5, 0.6) is 0 Å². The highest BCUT2D eigenvalue weighted by Crippen LogP contribution is 1.96. The Bertz CT molecular complexity index is 208. The molecule has 5 heteroatoms. The Morgan fingerprint density at radius 1 is 1.28 bits per heavy atom. The first kappa shape index (κ1) is 19.7. The van der Waals surface area contributed by atoms with Gasteiger partial charge >= 0.3 is 5.97 Å². The molecule has 108 valence electrons. The van der Waals surface area contributed by atoms with Crippen LogP contribution in [0, 0.1) is 0 Å². The van der Waals surface area contributed by atoms with Crippen molar-refractivity contribution in [3.8, 4) is 0 Å². The smallest absolute Gasteiger partial charge is 0.333 e. The van der Waals surface area contributed by atoms with Crippen molar-refractivity contribution < 1.29 is 14.0 Å². The molecular weight excluding hydrogens is 246 g/mol. The monoisotopic (exact) mass is 275 g/mol. The zero-order valence-corrected chi connectivity index (χ0v) is 13.8. The molecule has 0 amide bonds. The number of nitrogens with one attached hydrogen (secondary N) is 1. The first-order valence-electron chi connectivity index (χ1n) is 6.71. The first-order chi connectivity index (χ1) is 8.59. The van der Waals surface area contributed by atoms with Gasteiger partial charge < -0.3 is 14.5 Å². The highest BCUT2D eigenvalue weighted by Gasteiger charge is 2.01. The van der Waals surface area contributed by atoms with Crippen molar-refractivity contribution in [2.75, 3.05) is 26.3 Å². The number of rotatable bonds is 9. The summed E-state index contributed by atoms with van der Waals surface area (Å²) in [6, 6.07) is 1.07. The van der Waals surface area contributed by atoms with E-state index < -0.39 is 0 Å². The van der Waals surface area contributed by atoms with Gasteiger partial charge in [0.05, 0.1) is 6.61 Å². The van der Waals surface area contributed by atoms with Crippen LogP contribution in [0.15, 0.2) is 12.2 Å². The zero-order valence-electron chi connectivity index (χ0n) is 12.4. The minimum atomic E-state index is -0.367. The van der Waals surface area contributed by atoms with E-state index in [9.17, 15) is 4.79 Å². The van der Waals surface area contributed by atoms with Crippen LogP contribution in [0.3, 0.4) is 0 Å². The fraction of sp³-hybridized carbons (Fsp3) is 0.769. The van der Waals surface area contributed by atoms with Gasteiger partial charge in [-0.3, -0.25) is 0 Å². The molecule has 0 aliphatic carbocycles. The van der Waals surface area contributed by atoms with Crippen LogP contribution in [0.2, 0.25) is 6.04 Å². The maximum absolute atomic E-state index is 10.9. The van der Waals surface area contributed by atoms with Gasteiger partial charge in [-0.05, 0) is 39.4 Å². The molecule has 0 radical (unpaired) electrons. The van der Waals surface area contributed by atoms with E-state index in [1.54, 1.807) is 6.92 Å². The van der Waals surface area contributed by atoms with Crippen LogP contribution in [0.4, 0.5) is 0 Å². The lowest BCUT2D eigenvalue weighted by atomic mass is 10.4. The Kier molecular flexibility index (Phi) is 17.9. The summed E-state index contributed by atoms with van der Waals surface area (Å²) in [4.78, 5) is 10.9. The van der Waals surface area contributed by atoms with Gasteiger partial charge in [0.1, 0.15) is 0 Å². The topological polar surface area (TPSA) is 47.6 Å². The van der Waals surface area contributed by atoms with Gasteiger partial charge in [0.25, 0.3) is 0 Å². The Hall–Kier alpha value is -0.653. The number of carbonyl (C=O) groups excluding carboxylic acids is 1. The van der Waals surface area contributed by atoms with E-state index in [1.807, 2.05) is 6.92 Å². The van der Waals surface area contributed by atoms with Gasteiger partial charge in [0, 0.05) is 12.2 Å². The van der Waals surface area contributed by atoms with E-state index in [0.717, 1.165) is 32.2 Å². The second-order valence-electron chi connectivity index (χ2n) is 3.78. The van der Waals surface area contributed by atoms with Crippen LogP contribution in [0.25, 0.3) is 0 Å².